The fourth-order valence-corrected chi connectivity index (χ4v) is 1.40. The smallest absolute Gasteiger partial charge is 0.274 e. The van der Waals surface area contributed by atoms with Crippen LogP contribution in [0.4, 0.5) is 28.9 Å². The van der Waals surface area contributed by atoms with Crippen LogP contribution in [0.2, 0.25) is 0 Å². The number of nitrogens with one attached hydrogen (secondary N) is 1. The predicted octanol–water partition coefficient (Wildman–Crippen LogP) is 2.47. The lowest BCUT2D eigenvalue weighted by molar-refractivity contribution is 0.102. The Morgan fingerprint density at radius 3 is 2.20 bits per heavy atom. The van der Waals surface area contributed by atoms with Crippen molar-refractivity contribution >= 4 is 17.3 Å². The SMILES string of the molecule is Nc1ccc(C(=O)Nc2c(F)c(F)cc(F)c2F)nc1. The van der Waals surface area contributed by atoms with Crippen molar-refractivity contribution in [1.29, 1.82) is 0 Å². The first kappa shape index (κ1) is 13.8. The van der Waals surface area contributed by atoms with Crippen molar-refractivity contribution in [3.63, 3.8) is 0 Å². The molecule has 0 aliphatic heterocycles. The van der Waals surface area contributed by atoms with E-state index in [1.165, 1.54) is 12.1 Å². The number of rotatable bonds is 2. The molecule has 1 heterocycles. The molecule has 0 radical (unpaired) electrons. The summed E-state index contributed by atoms with van der Waals surface area (Å²) >= 11 is 0. The van der Waals surface area contributed by atoms with Gasteiger partial charge in [0.15, 0.2) is 23.3 Å². The average molecular weight is 285 g/mol. The van der Waals surface area contributed by atoms with E-state index in [9.17, 15) is 22.4 Å². The monoisotopic (exact) mass is 285 g/mol. The summed E-state index contributed by atoms with van der Waals surface area (Å²) in [6.45, 7) is 0. The van der Waals surface area contributed by atoms with Crippen molar-refractivity contribution in [1.82, 2.24) is 4.98 Å². The molecule has 8 heteroatoms. The highest BCUT2D eigenvalue weighted by Crippen LogP contribution is 2.24. The Bertz CT molecular complexity index is 647. The van der Waals surface area contributed by atoms with Gasteiger partial charge in [0.2, 0.25) is 0 Å². The largest absolute Gasteiger partial charge is 0.397 e. The summed E-state index contributed by atoms with van der Waals surface area (Å²) in [5, 5.41) is 1.72. The second kappa shape index (κ2) is 5.16. The number of hydrogen-bond donors (Lipinski definition) is 2. The molecule has 20 heavy (non-hydrogen) atoms. The topological polar surface area (TPSA) is 68.0 Å². The third-order valence-corrected chi connectivity index (χ3v) is 2.37. The van der Waals surface area contributed by atoms with E-state index in [-0.39, 0.29) is 17.4 Å². The normalized spacial score (nSPS) is 10.4. The van der Waals surface area contributed by atoms with Crippen LogP contribution >= 0.6 is 0 Å². The standard InChI is InChI=1S/C12H7F4N3O/c13-6-3-7(14)10(16)11(9(6)15)19-12(20)8-2-1-5(17)4-18-8/h1-4H,17H2,(H,19,20). The van der Waals surface area contributed by atoms with Crippen molar-refractivity contribution in [2.45, 2.75) is 0 Å². The highest BCUT2D eigenvalue weighted by atomic mass is 19.2. The quantitative estimate of drug-likeness (QED) is 0.658. The first-order valence-corrected chi connectivity index (χ1v) is 5.26. The van der Waals surface area contributed by atoms with Crippen LogP contribution in [0.3, 0.4) is 0 Å². The zero-order chi connectivity index (χ0) is 14.9. The van der Waals surface area contributed by atoms with Gasteiger partial charge < -0.3 is 11.1 Å². The van der Waals surface area contributed by atoms with Gasteiger partial charge in [-0.15, -0.1) is 0 Å². The first-order chi connectivity index (χ1) is 9.40. The molecule has 0 atom stereocenters. The predicted molar refractivity (Wildman–Crippen MR) is 62.9 cm³/mol. The van der Waals surface area contributed by atoms with E-state index >= 15 is 0 Å². The number of nitrogens with two attached hydrogens (primary N) is 1. The van der Waals surface area contributed by atoms with Crippen molar-refractivity contribution in [3.05, 3.63) is 53.4 Å². The summed E-state index contributed by atoms with van der Waals surface area (Å²) in [6, 6.07) is 2.57. The van der Waals surface area contributed by atoms with E-state index in [1.54, 1.807) is 5.32 Å². The molecule has 0 aliphatic rings. The molecule has 0 saturated heterocycles. The molecule has 0 spiro atoms. The molecular formula is C12H7F4N3O. The van der Waals surface area contributed by atoms with Crippen LogP contribution in [0, 0.1) is 23.3 Å². The Hall–Kier alpha value is -2.64. The molecule has 2 aromatic rings. The molecule has 1 aromatic carbocycles. The van der Waals surface area contributed by atoms with E-state index < -0.39 is 34.9 Å². The second-order valence-electron chi connectivity index (χ2n) is 3.77. The number of pyridine rings is 1. The second-order valence-corrected chi connectivity index (χ2v) is 3.77. The Labute approximate surface area is 110 Å². The number of aromatic nitrogens is 1. The minimum atomic E-state index is -1.70. The number of amides is 1. The number of nitrogen functional groups attached to an aromatic ring is 1. The Morgan fingerprint density at radius 2 is 1.70 bits per heavy atom. The maximum Gasteiger partial charge on any atom is 0.274 e. The lowest BCUT2D eigenvalue weighted by atomic mass is 10.2. The Kier molecular flexibility index (Phi) is 3.55. The van der Waals surface area contributed by atoms with Gasteiger partial charge in [-0.1, -0.05) is 0 Å². The number of carbonyl (C=O) groups is 1. The molecule has 0 unspecified atom stereocenters. The molecule has 2 rings (SSSR count). The van der Waals surface area contributed by atoms with Gasteiger partial charge in [0, 0.05) is 6.07 Å². The van der Waals surface area contributed by atoms with E-state index in [1.807, 2.05) is 0 Å². The van der Waals surface area contributed by atoms with Gasteiger partial charge in [-0.05, 0) is 12.1 Å². The zero-order valence-electron chi connectivity index (χ0n) is 9.75. The van der Waals surface area contributed by atoms with Gasteiger partial charge in [0.25, 0.3) is 5.91 Å². The van der Waals surface area contributed by atoms with Crippen molar-refractivity contribution in [2.24, 2.45) is 0 Å². The molecule has 0 fully saturated rings. The van der Waals surface area contributed by atoms with E-state index in [4.69, 9.17) is 5.73 Å². The fourth-order valence-electron chi connectivity index (χ4n) is 1.40. The van der Waals surface area contributed by atoms with Gasteiger partial charge in [-0.3, -0.25) is 4.79 Å². The molecule has 4 nitrogen and oxygen atoms in total. The Morgan fingerprint density at radius 1 is 1.10 bits per heavy atom. The maximum absolute atomic E-state index is 13.3. The molecule has 3 N–H and O–H groups in total. The van der Waals surface area contributed by atoms with Crippen LogP contribution in [0.5, 0.6) is 0 Å². The Balaban J connectivity index is 2.35. The van der Waals surface area contributed by atoms with Crippen LogP contribution in [0.15, 0.2) is 24.4 Å². The molecule has 104 valence electrons. The van der Waals surface area contributed by atoms with Crippen molar-refractivity contribution < 1.29 is 22.4 Å². The van der Waals surface area contributed by atoms with Crippen LogP contribution in [0.25, 0.3) is 0 Å². The highest BCUT2D eigenvalue weighted by molar-refractivity contribution is 6.03. The third kappa shape index (κ3) is 2.53. The number of benzene rings is 1. The van der Waals surface area contributed by atoms with Gasteiger partial charge in [-0.2, -0.15) is 0 Å². The van der Waals surface area contributed by atoms with Gasteiger partial charge >= 0.3 is 0 Å². The first-order valence-electron chi connectivity index (χ1n) is 5.26. The third-order valence-electron chi connectivity index (χ3n) is 2.37. The van der Waals surface area contributed by atoms with Gasteiger partial charge in [-0.25, -0.2) is 22.5 Å². The van der Waals surface area contributed by atoms with Gasteiger partial charge in [0.05, 0.1) is 11.9 Å². The summed E-state index contributed by atoms with van der Waals surface area (Å²) in [5.41, 5.74) is 4.19. The highest BCUT2D eigenvalue weighted by Gasteiger charge is 2.21. The number of carbonyl (C=O) groups excluding carboxylic acids is 1. The van der Waals surface area contributed by atoms with Crippen LogP contribution in [-0.4, -0.2) is 10.9 Å². The number of hydrogen-bond acceptors (Lipinski definition) is 3. The van der Waals surface area contributed by atoms with Gasteiger partial charge in [0.1, 0.15) is 11.4 Å². The van der Waals surface area contributed by atoms with Crippen LogP contribution in [-0.2, 0) is 0 Å². The summed E-state index contributed by atoms with van der Waals surface area (Å²) in [5.74, 6) is -7.68. The average Bonchev–Trinajstić information content (AvgIpc) is 2.42. The van der Waals surface area contributed by atoms with E-state index in [0.29, 0.717) is 0 Å². The summed E-state index contributed by atoms with van der Waals surface area (Å²) in [7, 11) is 0. The molecule has 0 saturated carbocycles. The minimum absolute atomic E-state index is 0.0434. The molecule has 0 aliphatic carbocycles. The number of halogens is 4. The van der Waals surface area contributed by atoms with Crippen molar-refractivity contribution in [2.75, 3.05) is 11.1 Å². The molecule has 1 aromatic heterocycles. The van der Waals surface area contributed by atoms with Crippen LogP contribution in [0.1, 0.15) is 10.5 Å². The lowest BCUT2D eigenvalue weighted by Crippen LogP contribution is -2.17. The summed E-state index contributed by atoms with van der Waals surface area (Å²) in [4.78, 5) is 15.3. The number of anilines is 2. The lowest BCUT2D eigenvalue weighted by Gasteiger charge is -2.08. The minimum Gasteiger partial charge on any atom is -0.397 e. The number of nitrogens with zero attached hydrogens (tertiary/aromatic N) is 1. The summed E-state index contributed by atoms with van der Waals surface area (Å²) < 4.78 is 52.6. The molecule has 1 amide bonds. The van der Waals surface area contributed by atoms with E-state index in [0.717, 1.165) is 6.20 Å². The van der Waals surface area contributed by atoms with Crippen molar-refractivity contribution in [3.8, 4) is 0 Å². The molecule has 0 bridgehead atoms. The fraction of sp³-hybridized carbons (Fsp3) is 0. The molecular weight excluding hydrogens is 278 g/mol. The maximum atomic E-state index is 13.3. The summed E-state index contributed by atoms with van der Waals surface area (Å²) in [6.07, 6.45) is 1.15. The van der Waals surface area contributed by atoms with Crippen LogP contribution < -0.4 is 11.1 Å². The zero-order valence-corrected chi connectivity index (χ0v) is 9.75. The van der Waals surface area contributed by atoms with E-state index in [2.05, 4.69) is 4.98 Å².